The van der Waals surface area contributed by atoms with Gasteiger partial charge in [0, 0.05) is 19.3 Å². The molecule has 0 heterocycles. The summed E-state index contributed by atoms with van der Waals surface area (Å²) in [5.74, 6) is -1.04. The van der Waals surface area contributed by atoms with E-state index in [9.17, 15) is 14.4 Å². The normalized spacial score (nSPS) is 12.4. The van der Waals surface area contributed by atoms with Crippen molar-refractivity contribution in [1.29, 1.82) is 0 Å². The third-order valence-corrected chi connectivity index (χ3v) is 10.8. The lowest BCUT2D eigenvalue weighted by Gasteiger charge is -2.18. The van der Waals surface area contributed by atoms with Crippen LogP contribution in [0, 0.1) is 0 Å². The summed E-state index contributed by atoms with van der Waals surface area (Å²) in [6, 6.07) is 0. The molecule has 0 N–H and O–H groups in total. The van der Waals surface area contributed by atoms with E-state index in [4.69, 9.17) is 14.2 Å². The lowest BCUT2D eigenvalue weighted by atomic mass is 10.0. The van der Waals surface area contributed by atoms with Crippen molar-refractivity contribution in [2.75, 3.05) is 13.2 Å². The lowest BCUT2D eigenvalue weighted by molar-refractivity contribution is -0.166. The fraction of sp³-hybridized carbons (Fsp3) is 0.792. The van der Waals surface area contributed by atoms with Crippen LogP contribution in [0.4, 0.5) is 0 Å². The summed E-state index contributed by atoms with van der Waals surface area (Å²) in [7, 11) is 0. The van der Waals surface area contributed by atoms with Gasteiger partial charge in [0.15, 0.2) is 6.10 Å². The number of hydrogen-bond donors (Lipinski definition) is 0. The molecule has 0 aliphatic carbocycles. The Balaban J connectivity index is 4.48. The quantitative estimate of drug-likeness (QED) is 0.0263. The Bertz CT molecular complexity index is 1040. The Labute approximate surface area is 365 Å². The zero-order valence-electron chi connectivity index (χ0n) is 39.0. The smallest absolute Gasteiger partial charge is 0.306 e. The highest BCUT2D eigenvalue weighted by atomic mass is 16.6. The molecule has 0 aromatic heterocycles. The second-order valence-electron chi connectivity index (χ2n) is 16.7. The molecule has 0 aliphatic rings. The van der Waals surface area contributed by atoms with Crippen molar-refractivity contribution >= 4 is 17.9 Å². The average Bonchev–Trinajstić information content (AvgIpc) is 3.23. The van der Waals surface area contributed by atoms with Crippen LogP contribution in [0.3, 0.4) is 0 Å². The molecule has 0 aliphatic heterocycles. The molecule has 1 unspecified atom stereocenters. The maximum Gasteiger partial charge on any atom is 0.306 e. The summed E-state index contributed by atoms with van der Waals surface area (Å²) in [4.78, 5) is 37.8. The Morgan fingerprint density at radius 3 is 1.03 bits per heavy atom. The molecule has 0 saturated heterocycles. The lowest BCUT2D eigenvalue weighted by Crippen LogP contribution is -2.30. The van der Waals surface area contributed by atoms with E-state index >= 15 is 0 Å². The Hall–Kier alpha value is -2.63. The molecule has 0 fully saturated rings. The summed E-state index contributed by atoms with van der Waals surface area (Å²) >= 11 is 0. The maximum absolute atomic E-state index is 12.7. The Morgan fingerprint density at radius 1 is 0.339 bits per heavy atom. The van der Waals surface area contributed by atoms with Gasteiger partial charge in [0.2, 0.25) is 0 Å². The third-order valence-electron chi connectivity index (χ3n) is 10.8. The molecule has 0 aromatic rings. The highest BCUT2D eigenvalue weighted by molar-refractivity contribution is 5.71. The zero-order chi connectivity index (χ0) is 43.0. The van der Waals surface area contributed by atoms with Gasteiger partial charge in [-0.25, -0.2) is 0 Å². The van der Waals surface area contributed by atoms with E-state index in [1.54, 1.807) is 0 Å². The number of ether oxygens (including phenoxy) is 3. The van der Waals surface area contributed by atoms with Crippen LogP contribution < -0.4 is 0 Å². The molecule has 0 amide bonds. The van der Waals surface area contributed by atoms with Gasteiger partial charge < -0.3 is 14.2 Å². The first-order valence-electron chi connectivity index (χ1n) is 25.1. The molecule has 0 spiro atoms. The molecule has 0 rings (SSSR count). The van der Waals surface area contributed by atoms with E-state index in [2.05, 4.69) is 57.2 Å². The zero-order valence-corrected chi connectivity index (χ0v) is 39.0. The summed E-state index contributed by atoms with van der Waals surface area (Å²) in [5.41, 5.74) is 0. The average molecular weight is 827 g/mol. The predicted molar refractivity (Wildman–Crippen MR) is 252 cm³/mol. The first-order chi connectivity index (χ1) is 29.0. The van der Waals surface area contributed by atoms with E-state index < -0.39 is 6.10 Å². The molecule has 6 heteroatoms. The molecule has 6 nitrogen and oxygen atoms in total. The van der Waals surface area contributed by atoms with Crippen LogP contribution in [-0.2, 0) is 28.6 Å². The van der Waals surface area contributed by atoms with Crippen molar-refractivity contribution in [2.45, 2.75) is 258 Å². The van der Waals surface area contributed by atoms with Crippen LogP contribution in [0.1, 0.15) is 252 Å². The third kappa shape index (κ3) is 46.3. The van der Waals surface area contributed by atoms with Gasteiger partial charge in [-0.3, -0.25) is 14.4 Å². The monoisotopic (exact) mass is 827 g/mol. The Morgan fingerprint density at radius 2 is 0.644 bits per heavy atom. The van der Waals surface area contributed by atoms with E-state index in [-0.39, 0.29) is 44.0 Å². The van der Waals surface area contributed by atoms with E-state index in [1.165, 1.54) is 154 Å². The number of hydrogen-bond acceptors (Lipinski definition) is 6. The van der Waals surface area contributed by atoms with Crippen LogP contribution in [0.25, 0.3) is 0 Å². The fourth-order valence-corrected chi connectivity index (χ4v) is 7.02. The minimum Gasteiger partial charge on any atom is -0.462 e. The van der Waals surface area contributed by atoms with Crippen LogP contribution in [0.2, 0.25) is 0 Å². The molecular weight excluding hydrogens is 733 g/mol. The van der Waals surface area contributed by atoms with E-state index in [0.717, 1.165) is 44.9 Å². The van der Waals surface area contributed by atoms with Gasteiger partial charge in [-0.15, -0.1) is 0 Å². The summed E-state index contributed by atoms with van der Waals surface area (Å²) < 4.78 is 16.6. The number of carbonyl (C=O) groups excluding carboxylic acids is 3. The van der Waals surface area contributed by atoms with Crippen molar-refractivity contribution in [1.82, 2.24) is 0 Å². The topological polar surface area (TPSA) is 78.9 Å². The Kier molecular flexibility index (Phi) is 45.9. The standard InChI is InChI=1S/C53H94O6/c1-4-7-10-13-16-19-22-25-26-29-31-34-37-40-43-46-52(55)58-49-50(59-53(56)47-44-41-38-35-32-28-24-21-18-15-12-9-6-3)48-57-51(54)45-42-39-36-33-30-27-23-20-17-14-11-8-5-2/h27-28,30,32,36,38-39,41,50H,4-26,29,31,33-35,37,40,42-49H2,1-3H3/b30-27-,32-28-,39-36-,41-38-. The maximum atomic E-state index is 12.7. The molecule has 0 aromatic carbocycles. The van der Waals surface area contributed by atoms with Crippen molar-refractivity contribution < 1.29 is 28.6 Å². The van der Waals surface area contributed by atoms with Crippen LogP contribution in [0.15, 0.2) is 48.6 Å². The van der Waals surface area contributed by atoms with Gasteiger partial charge in [0.05, 0.1) is 0 Å². The number of allylic oxidation sites excluding steroid dienone is 8. The minimum atomic E-state index is -0.822. The van der Waals surface area contributed by atoms with E-state index in [1.807, 2.05) is 12.2 Å². The number of rotatable bonds is 45. The first-order valence-corrected chi connectivity index (χ1v) is 25.1. The number of carbonyl (C=O) groups is 3. The van der Waals surface area contributed by atoms with Crippen molar-refractivity contribution in [3.05, 3.63) is 48.6 Å². The molecule has 0 bridgehead atoms. The van der Waals surface area contributed by atoms with E-state index in [0.29, 0.717) is 19.3 Å². The molecular formula is C53H94O6. The van der Waals surface area contributed by atoms with Crippen LogP contribution in [-0.4, -0.2) is 37.2 Å². The summed E-state index contributed by atoms with van der Waals surface area (Å²) in [6.07, 6.45) is 56.9. The van der Waals surface area contributed by atoms with Gasteiger partial charge in [-0.05, 0) is 57.8 Å². The van der Waals surface area contributed by atoms with Gasteiger partial charge in [-0.2, -0.15) is 0 Å². The second kappa shape index (κ2) is 48.0. The van der Waals surface area contributed by atoms with Crippen molar-refractivity contribution in [3.8, 4) is 0 Å². The van der Waals surface area contributed by atoms with Gasteiger partial charge in [-0.1, -0.05) is 223 Å². The van der Waals surface area contributed by atoms with Gasteiger partial charge in [0.1, 0.15) is 13.2 Å². The number of esters is 3. The molecule has 0 saturated carbocycles. The van der Waals surface area contributed by atoms with Crippen molar-refractivity contribution in [3.63, 3.8) is 0 Å². The van der Waals surface area contributed by atoms with Crippen LogP contribution >= 0.6 is 0 Å². The molecule has 59 heavy (non-hydrogen) atoms. The summed E-state index contributed by atoms with van der Waals surface area (Å²) in [6.45, 7) is 6.53. The van der Waals surface area contributed by atoms with Crippen molar-refractivity contribution in [2.24, 2.45) is 0 Å². The van der Waals surface area contributed by atoms with Crippen LogP contribution in [0.5, 0.6) is 0 Å². The van der Waals surface area contributed by atoms with Gasteiger partial charge in [0.25, 0.3) is 0 Å². The number of unbranched alkanes of at least 4 members (excludes halogenated alkanes) is 26. The highest BCUT2D eigenvalue weighted by Crippen LogP contribution is 2.15. The minimum absolute atomic E-state index is 0.110. The SMILES string of the molecule is CCCCCCCC/C=C\C/C=C\CCC(=O)OCC(COC(=O)CCCCCCCCCCCCCCCCC)OC(=O)CC/C=C\C/C=C\CCCCCCCC. The molecule has 0 radical (unpaired) electrons. The first kappa shape index (κ1) is 56.4. The predicted octanol–water partition coefficient (Wildman–Crippen LogP) is 16.3. The summed E-state index contributed by atoms with van der Waals surface area (Å²) in [5, 5.41) is 0. The molecule has 342 valence electrons. The highest BCUT2D eigenvalue weighted by Gasteiger charge is 2.19. The molecule has 1 atom stereocenters. The van der Waals surface area contributed by atoms with Gasteiger partial charge >= 0.3 is 17.9 Å². The largest absolute Gasteiger partial charge is 0.462 e. The fourth-order valence-electron chi connectivity index (χ4n) is 7.02. The second-order valence-corrected chi connectivity index (χ2v) is 16.7.